The average molecular weight is 506 g/mol. The summed E-state index contributed by atoms with van der Waals surface area (Å²) in [6.07, 6.45) is 3.11. The number of anilines is 1. The third kappa shape index (κ3) is 4.16. The highest BCUT2D eigenvalue weighted by atomic mass is 19.1. The first-order chi connectivity index (χ1) is 17.8. The van der Waals surface area contributed by atoms with Crippen LogP contribution in [0.3, 0.4) is 0 Å². The van der Waals surface area contributed by atoms with E-state index in [0.29, 0.717) is 48.4 Å². The molecular formula is C25H24BFN4O6. The van der Waals surface area contributed by atoms with Crippen molar-refractivity contribution < 1.29 is 28.8 Å². The van der Waals surface area contributed by atoms with Crippen molar-refractivity contribution in [1.82, 2.24) is 15.0 Å². The number of piperazine rings is 1. The molecule has 1 aromatic heterocycles. The summed E-state index contributed by atoms with van der Waals surface area (Å²) >= 11 is 0. The number of rotatable bonds is 5. The van der Waals surface area contributed by atoms with E-state index >= 15 is 4.39 Å². The molecule has 3 heterocycles. The summed E-state index contributed by atoms with van der Waals surface area (Å²) in [6.45, 7) is 1.93. The lowest BCUT2D eigenvalue weighted by Gasteiger charge is -2.36. The number of carbonyl (C=O) groups is 2. The summed E-state index contributed by atoms with van der Waals surface area (Å²) in [4.78, 5) is 39.0. The maximum Gasteiger partial charge on any atom is 0.492 e. The van der Waals surface area contributed by atoms with E-state index in [2.05, 4.69) is 5.43 Å². The van der Waals surface area contributed by atoms with E-state index in [0.717, 1.165) is 24.5 Å². The molecule has 1 saturated heterocycles. The van der Waals surface area contributed by atoms with Gasteiger partial charge in [0, 0.05) is 54.8 Å². The number of nitrogens with zero attached hydrogens (tertiary/aromatic N) is 3. The van der Waals surface area contributed by atoms with Crippen LogP contribution in [0.2, 0.25) is 0 Å². The van der Waals surface area contributed by atoms with Crippen molar-refractivity contribution in [3.63, 3.8) is 0 Å². The number of carboxylic acids is 1. The molecule has 3 aliphatic rings. The summed E-state index contributed by atoms with van der Waals surface area (Å²) in [5.74, 6) is -2.28. The number of halogens is 1. The van der Waals surface area contributed by atoms with Gasteiger partial charge in [0.2, 0.25) is 5.43 Å². The normalized spacial score (nSPS) is 17.8. The molecular weight excluding hydrogens is 482 g/mol. The van der Waals surface area contributed by atoms with Crippen molar-refractivity contribution in [2.45, 2.75) is 25.5 Å². The molecule has 190 valence electrons. The standard InChI is InChI=1S/C25H24BFN4O6/c27-19-10-17-20(31(15-4-5-15)12-18(23(17)32)25(34)35)11-21(19)29-6-8-30(9-7-29)28-24(33)16-3-1-2-14-13-37-26(36)22(14)16/h1-3,10-12,15,36H,4-9,13H2,(H,28,33)(H,34,35). The molecule has 2 aliphatic heterocycles. The zero-order chi connectivity index (χ0) is 25.8. The van der Waals surface area contributed by atoms with Gasteiger partial charge in [-0.1, -0.05) is 12.1 Å². The first kappa shape index (κ1) is 23.7. The number of fused-ring (bicyclic) bond motifs is 2. The molecule has 3 N–H and O–H groups in total. The lowest BCUT2D eigenvalue weighted by atomic mass is 9.76. The number of amides is 1. The molecule has 10 nitrogen and oxygen atoms in total. The lowest BCUT2D eigenvalue weighted by molar-refractivity contribution is 0.0694. The molecule has 0 spiro atoms. The average Bonchev–Trinajstić information content (AvgIpc) is 3.66. The highest BCUT2D eigenvalue weighted by Crippen LogP contribution is 2.38. The van der Waals surface area contributed by atoms with Gasteiger partial charge in [-0.15, -0.1) is 0 Å². The minimum atomic E-state index is -1.33. The van der Waals surface area contributed by atoms with Gasteiger partial charge in [-0.2, -0.15) is 0 Å². The SMILES string of the molecule is O=C(NN1CCN(c2cc3c(cc2F)c(=O)c(C(=O)O)cn3C2CC2)CC1)c1cccc2c1B(O)OC2. The van der Waals surface area contributed by atoms with E-state index < -0.39 is 24.3 Å². The monoisotopic (exact) mass is 506 g/mol. The third-order valence-electron chi connectivity index (χ3n) is 7.24. The first-order valence-electron chi connectivity index (χ1n) is 12.2. The third-order valence-corrected chi connectivity index (χ3v) is 7.24. The Labute approximate surface area is 211 Å². The number of hydrazine groups is 1. The molecule has 1 amide bonds. The Hall–Kier alpha value is -3.74. The van der Waals surface area contributed by atoms with Crippen LogP contribution in [0.5, 0.6) is 0 Å². The number of nitrogens with one attached hydrogen (secondary N) is 1. The number of carbonyl (C=O) groups excluding carboxylic acids is 1. The summed E-state index contributed by atoms with van der Waals surface area (Å²) in [7, 11) is -1.13. The predicted molar refractivity (Wildman–Crippen MR) is 133 cm³/mol. The van der Waals surface area contributed by atoms with Crippen LogP contribution in [0, 0.1) is 5.82 Å². The van der Waals surface area contributed by atoms with E-state index in [-0.39, 0.29) is 29.5 Å². The van der Waals surface area contributed by atoms with E-state index in [4.69, 9.17) is 4.65 Å². The van der Waals surface area contributed by atoms with Crippen molar-refractivity contribution >= 4 is 41.0 Å². The van der Waals surface area contributed by atoms with Crippen LogP contribution in [0.1, 0.15) is 45.2 Å². The van der Waals surface area contributed by atoms with Crippen LogP contribution >= 0.6 is 0 Å². The fourth-order valence-electron chi connectivity index (χ4n) is 5.15. The number of pyridine rings is 1. The summed E-state index contributed by atoms with van der Waals surface area (Å²) in [5.41, 5.74) is 4.26. The fourth-order valence-corrected chi connectivity index (χ4v) is 5.15. The molecule has 0 unspecified atom stereocenters. The van der Waals surface area contributed by atoms with Crippen LogP contribution in [0.15, 0.2) is 41.3 Å². The summed E-state index contributed by atoms with van der Waals surface area (Å²) < 4.78 is 22.2. The molecule has 1 aliphatic carbocycles. The Morgan fingerprint density at radius 1 is 1.11 bits per heavy atom. The summed E-state index contributed by atoms with van der Waals surface area (Å²) in [6, 6.07) is 8.05. The quantitative estimate of drug-likeness (QED) is 0.436. The van der Waals surface area contributed by atoms with Gasteiger partial charge in [0.15, 0.2) is 0 Å². The van der Waals surface area contributed by atoms with Gasteiger partial charge in [-0.05, 0) is 36.6 Å². The van der Waals surface area contributed by atoms with Crippen molar-refractivity contribution in [1.29, 1.82) is 0 Å². The number of carboxylic acid groups (broad SMARTS) is 1. The maximum absolute atomic E-state index is 15.2. The number of hydrogen-bond donors (Lipinski definition) is 3. The van der Waals surface area contributed by atoms with Crippen LogP contribution in [0.4, 0.5) is 10.1 Å². The second kappa shape index (κ2) is 8.98. The highest BCUT2D eigenvalue weighted by Gasteiger charge is 2.33. The van der Waals surface area contributed by atoms with Crippen molar-refractivity contribution in [3.8, 4) is 0 Å². The van der Waals surface area contributed by atoms with Gasteiger partial charge in [-0.25, -0.2) is 14.2 Å². The second-order valence-electron chi connectivity index (χ2n) is 9.59. The van der Waals surface area contributed by atoms with Gasteiger partial charge >= 0.3 is 13.1 Å². The summed E-state index contributed by atoms with van der Waals surface area (Å²) in [5, 5.41) is 21.3. The van der Waals surface area contributed by atoms with Crippen LogP contribution in [-0.2, 0) is 11.3 Å². The fraction of sp³-hybridized carbons (Fsp3) is 0.320. The van der Waals surface area contributed by atoms with E-state index in [1.54, 1.807) is 27.8 Å². The molecule has 2 fully saturated rings. The zero-order valence-corrected chi connectivity index (χ0v) is 19.8. The van der Waals surface area contributed by atoms with Gasteiger partial charge in [0.25, 0.3) is 5.91 Å². The number of hydrogen-bond acceptors (Lipinski definition) is 7. The van der Waals surface area contributed by atoms with Crippen LogP contribution in [0.25, 0.3) is 10.9 Å². The molecule has 2 aromatic carbocycles. The van der Waals surface area contributed by atoms with Gasteiger partial charge in [0.05, 0.1) is 17.8 Å². The van der Waals surface area contributed by atoms with Crippen molar-refractivity contribution in [2.75, 3.05) is 31.1 Å². The van der Waals surface area contributed by atoms with E-state index in [1.165, 1.54) is 6.20 Å². The van der Waals surface area contributed by atoms with E-state index in [1.807, 2.05) is 11.0 Å². The Morgan fingerprint density at radius 3 is 2.57 bits per heavy atom. The Kier molecular flexibility index (Phi) is 5.74. The topological polar surface area (TPSA) is 124 Å². The molecule has 37 heavy (non-hydrogen) atoms. The molecule has 3 aromatic rings. The van der Waals surface area contributed by atoms with Crippen LogP contribution in [-0.4, -0.2) is 64.9 Å². The Balaban J connectivity index is 1.21. The molecule has 0 bridgehead atoms. The van der Waals surface area contributed by atoms with Gasteiger partial charge in [0.1, 0.15) is 11.4 Å². The van der Waals surface area contributed by atoms with Gasteiger partial charge in [-0.3, -0.25) is 15.0 Å². The highest BCUT2D eigenvalue weighted by molar-refractivity contribution is 6.63. The number of aromatic carboxylic acids is 1. The Morgan fingerprint density at radius 2 is 1.86 bits per heavy atom. The van der Waals surface area contributed by atoms with Crippen molar-refractivity contribution in [3.05, 3.63) is 69.3 Å². The predicted octanol–water partition coefficient (Wildman–Crippen LogP) is 0.858. The van der Waals surface area contributed by atoms with Gasteiger partial charge < -0.3 is 24.3 Å². The minimum absolute atomic E-state index is 0.0560. The van der Waals surface area contributed by atoms with Crippen molar-refractivity contribution in [2.24, 2.45) is 0 Å². The smallest absolute Gasteiger partial charge is 0.477 e. The molecule has 1 saturated carbocycles. The molecule has 0 atom stereocenters. The first-order valence-corrected chi connectivity index (χ1v) is 12.2. The molecule has 0 radical (unpaired) electrons. The number of benzene rings is 2. The Bertz CT molecular complexity index is 1500. The number of aromatic nitrogens is 1. The minimum Gasteiger partial charge on any atom is -0.477 e. The maximum atomic E-state index is 15.2. The van der Waals surface area contributed by atoms with Crippen LogP contribution < -0.4 is 21.2 Å². The largest absolute Gasteiger partial charge is 0.492 e. The molecule has 6 rings (SSSR count). The molecule has 12 heteroatoms. The van der Waals surface area contributed by atoms with E-state index in [9.17, 15) is 24.5 Å². The lowest BCUT2D eigenvalue weighted by Crippen LogP contribution is -2.54. The zero-order valence-electron chi connectivity index (χ0n) is 19.8. The second-order valence-corrected chi connectivity index (χ2v) is 9.59.